The number of carboxylic acid groups (broad SMARTS) is 3. The summed E-state index contributed by atoms with van der Waals surface area (Å²) in [6, 6.07) is 16.0. The van der Waals surface area contributed by atoms with E-state index in [1.54, 1.807) is 0 Å². The summed E-state index contributed by atoms with van der Waals surface area (Å²) in [5.41, 5.74) is 2.91. The number of fused-ring (bicyclic) bond motifs is 2. The Labute approximate surface area is 231 Å². The van der Waals surface area contributed by atoms with E-state index in [1.807, 2.05) is 36.4 Å². The molecule has 1 amide bonds. The largest absolute Gasteiger partial charge is 0.480 e. The zero-order chi connectivity index (χ0) is 28.9. The average Bonchev–Trinajstić information content (AvgIpc) is 2.89. The van der Waals surface area contributed by atoms with E-state index >= 15 is 0 Å². The number of pyridine rings is 1. The monoisotopic (exact) mass is 553 g/mol. The standard InChI is InChI=1S/C28H35N5O7/c34-24(16-32(17-25(35)36)14-15-33(18-26(37)38)19-27(39)40)29-12-6-1-7-13-30-28-20-8-2-4-10-22(20)31-23-11-5-3-9-21(23)28/h2-5,8-11H,1,6-7,12-19H2,(H,29,34)(H,30,31)(H,35,36)(H,37,38)(H,39,40). The highest BCUT2D eigenvalue weighted by Gasteiger charge is 2.18. The highest BCUT2D eigenvalue weighted by molar-refractivity contribution is 6.07. The van der Waals surface area contributed by atoms with Gasteiger partial charge in [0.05, 0.1) is 42.9 Å². The highest BCUT2D eigenvalue weighted by Crippen LogP contribution is 2.30. The maximum Gasteiger partial charge on any atom is 0.317 e. The van der Waals surface area contributed by atoms with Crippen LogP contribution in [0.3, 0.4) is 0 Å². The van der Waals surface area contributed by atoms with Crippen LogP contribution in [0, 0.1) is 0 Å². The normalized spacial score (nSPS) is 11.2. The summed E-state index contributed by atoms with van der Waals surface area (Å²) in [6.45, 7) is -0.399. The maximum absolute atomic E-state index is 12.4. The van der Waals surface area contributed by atoms with E-state index in [2.05, 4.69) is 22.8 Å². The van der Waals surface area contributed by atoms with Crippen molar-refractivity contribution in [2.24, 2.45) is 0 Å². The Hall–Kier alpha value is -4.29. The third-order valence-electron chi connectivity index (χ3n) is 6.24. The number of nitrogens with one attached hydrogen (secondary N) is 2. The molecule has 0 unspecified atom stereocenters. The van der Waals surface area contributed by atoms with Gasteiger partial charge in [-0.15, -0.1) is 0 Å². The van der Waals surface area contributed by atoms with E-state index in [0.717, 1.165) is 53.3 Å². The Morgan fingerprint density at radius 2 is 1.12 bits per heavy atom. The van der Waals surface area contributed by atoms with Crippen LogP contribution in [0.4, 0.5) is 5.69 Å². The Morgan fingerprint density at radius 1 is 0.650 bits per heavy atom. The third kappa shape index (κ3) is 9.79. The van der Waals surface area contributed by atoms with Crippen molar-refractivity contribution in [2.45, 2.75) is 19.3 Å². The molecule has 0 bridgehead atoms. The molecule has 0 fully saturated rings. The van der Waals surface area contributed by atoms with Crippen LogP contribution in [0.25, 0.3) is 21.8 Å². The number of hydrogen-bond donors (Lipinski definition) is 5. The molecule has 3 rings (SSSR count). The first-order chi connectivity index (χ1) is 19.2. The number of benzene rings is 2. The second-order valence-corrected chi connectivity index (χ2v) is 9.46. The summed E-state index contributed by atoms with van der Waals surface area (Å²) >= 11 is 0. The molecule has 2 aromatic carbocycles. The molecule has 40 heavy (non-hydrogen) atoms. The second-order valence-electron chi connectivity index (χ2n) is 9.46. The van der Waals surface area contributed by atoms with Crippen molar-refractivity contribution in [3.8, 4) is 0 Å². The first-order valence-electron chi connectivity index (χ1n) is 13.1. The van der Waals surface area contributed by atoms with Gasteiger partial charge in [-0.3, -0.25) is 29.0 Å². The number of carbonyl (C=O) groups excluding carboxylic acids is 1. The maximum atomic E-state index is 12.4. The van der Waals surface area contributed by atoms with Gasteiger partial charge in [-0.25, -0.2) is 4.98 Å². The number of nitrogens with zero attached hydrogens (tertiary/aromatic N) is 3. The number of aromatic nitrogens is 1. The number of rotatable bonds is 18. The number of unbranched alkanes of at least 4 members (excludes halogenated alkanes) is 2. The molecule has 0 aliphatic rings. The van der Waals surface area contributed by atoms with Crippen LogP contribution < -0.4 is 10.6 Å². The molecule has 5 N–H and O–H groups in total. The van der Waals surface area contributed by atoms with Gasteiger partial charge in [-0.1, -0.05) is 36.4 Å². The minimum absolute atomic E-state index is 0.00574. The van der Waals surface area contributed by atoms with Crippen LogP contribution in [0.2, 0.25) is 0 Å². The molecule has 214 valence electrons. The van der Waals surface area contributed by atoms with Gasteiger partial charge >= 0.3 is 17.9 Å². The topological polar surface area (TPSA) is 172 Å². The van der Waals surface area contributed by atoms with E-state index in [-0.39, 0.29) is 25.5 Å². The molecule has 0 radical (unpaired) electrons. The molecular weight excluding hydrogens is 518 g/mol. The Bertz CT molecular complexity index is 1260. The lowest BCUT2D eigenvalue weighted by atomic mass is 10.1. The van der Waals surface area contributed by atoms with Crippen LogP contribution in [0.1, 0.15) is 19.3 Å². The van der Waals surface area contributed by atoms with Crippen molar-refractivity contribution in [1.82, 2.24) is 20.1 Å². The van der Waals surface area contributed by atoms with Gasteiger partial charge in [-0.2, -0.15) is 0 Å². The minimum Gasteiger partial charge on any atom is -0.480 e. The average molecular weight is 554 g/mol. The molecule has 1 heterocycles. The zero-order valence-electron chi connectivity index (χ0n) is 22.2. The molecule has 0 aliphatic carbocycles. The highest BCUT2D eigenvalue weighted by atomic mass is 16.4. The van der Waals surface area contributed by atoms with Gasteiger partial charge in [0, 0.05) is 37.0 Å². The molecule has 3 aromatic rings. The van der Waals surface area contributed by atoms with Crippen molar-refractivity contribution in [3.63, 3.8) is 0 Å². The summed E-state index contributed by atoms with van der Waals surface area (Å²) in [6.07, 6.45) is 2.50. The van der Waals surface area contributed by atoms with Crippen LogP contribution in [0.15, 0.2) is 48.5 Å². The fraction of sp³-hybridized carbons (Fsp3) is 0.393. The molecule has 1 aromatic heterocycles. The van der Waals surface area contributed by atoms with Crippen molar-refractivity contribution in [1.29, 1.82) is 0 Å². The van der Waals surface area contributed by atoms with Gasteiger partial charge in [0.1, 0.15) is 0 Å². The van der Waals surface area contributed by atoms with Gasteiger partial charge in [0.15, 0.2) is 0 Å². The Kier molecular flexibility index (Phi) is 11.6. The fourth-order valence-electron chi connectivity index (χ4n) is 4.44. The first kappa shape index (κ1) is 30.3. The lowest BCUT2D eigenvalue weighted by molar-refractivity contribution is -0.143. The van der Waals surface area contributed by atoms with Crippen molar-refractivity contribution in [2.75, 3.05) is 57.7 Å². The van der Waals surface area contributed by atoms with Crippen LogP contribution in [0.5, 0.6) is 0 Å². The van der Waals surface area contributed by atoms with Crippen molar-refractivity contribution >= 4 is 51.3 Å². The molecular formula is C28H35N5O7. The van der Waals surface area contributed by atoms with E-state index < -0.39 is 37.5 Å². The summed E-state index contributed by atoms with van der Waals surface area (Å²) < 4.78 is 0. The Morgan fingerprint density at radius 3 is 1.65 bits per heavy atom. The number of anilines is 1. The first-order valence-corrected chi connectivity index (χ1v) is 13.1. The molecule has 0 aliphatic heterocycles. The number of hydrogen-bond acceptors (Lipinski definition) is 8. The predicted octanol–water partition coefficient (Wildman–Crippen LogP) is 1.94. The number of carboxylic acids is 3. The number of para-hydroxylation sites is 2. The number of amides is 1. The summed E-state index contributed by atoms with van der Waals surface area (Å²) in [7, 11) is 0. The Balaban J connectivity index is 1.41. The molecule has 0 saturated heterocycles. The summed E-state index contributed by atoms with van der Waals surface area (Å²) in [4.78, 5) is 52.8. The second kappa shape index (κ2) is 15.3. The van der Waals surface area contributed by atoms with E-state index in [1.165, 1.54) is 9.80 Å². The smallest absolute Gasteiger partial charge is 0.317 e. The quantitative estimate of drug-likeness (QED) is 0.115. The van der Waals surface area contributed by atoms with E-state index in [0.29, 0.717) is 6.54 Å². The molecule has 0 atom stereocenters. The van der Waals surface area contributed by atoms with E-state index in [4.69, 9.17) is 20.3 Å². The van der Waals surface area contributed by atoms with Gasteiger partial charge < -0.3 is 26.0 Å². The van der Waals surface area contributed by atoms with Crippen LogP contribution in [-0.4, -0.2) is 106 Å². The van der Waals surface area contributed by atoms with Crippen molar-refractivity contribution < 1.29 is 34.5 Å². The SMILES string of the molecule is O=C(O)CN(CCN(CC(=O)O)CC(=O)NCCCCCNc1c2ccccc2nc2ccccc12)CC(=O)O. The van der Waals surface area contributed by atoms with E-state index in [9.17, 15) is 19.2 Å². The number of carbonyl (C=O) groups is 4. The van der Waals surface area contributed by atoms with Gasteiger partial charge in [-0.05, 0) is 31.4 Å². The molecule has 12 nitrogen and oxygen atoms in total. The number of aliphatic carboxylic acids is 3. The zero-order valence-corrected chi connectivity index (χ0v) is 22.2. The van der Waals surface area contributed by atoms with Crippen LogP contribution >= 0.6 is 0 Å². The molecule has 0 spiro atoms. The third-order valence-corrected chi connectivity index (χ3v) is 6.24. The fourth-order valence-corrected chi connectivity index (χ4v) is 4.44. The molecule has 12 heteroatoms. The minimum atomic E-state index is -1.19. The van der Waals surface area contributed by atoms with Crippen LogP contribution in [-0.2, 0) is 19.2 Å². The summed E-state index contributed by atoms with van der Waals surface area (Å²) in [5, 5.41) is 35.5. The summed E-state index contributed by atoms with van der Waals surface area (Å²) in [5.74, 6) is -3.88. The lowest BCUT2D eigenvalue weighted by Gasteiger charge is -2.24. The molecule has 0 saturated carbocycles. The van der Waals surface area contributed by atoms with Gasteiger partial charge in [0.25, 0.3) is 0 Å². The van der Waals surface area contributed by atoms with Crippen molar-refractivity contribution in [3.05, 3.63) is 48.5 Å². The lowest BCUT2D eigenvalue weighted by Crippen LogP contribution is -2.45. The van der Waals surface area contributed by atoms with Gasteiger partial charge in [0.2, 0.25) is 5.91 Å². The predicted molar refractivity (Wildman–Crippen MR) is 150 cm³/mol.